The molecule has 0 radical (unpaired) electrons. The molecule has 0 saturated carbocycles. The van der Waals surface area contributed by atoms with E-state index in [0.717, 1.165) is 17.5 Å². The summed E-state index contributed by atoms with van der Waals surface area (Å²) < 4.78 is 5.21. The summed E-state index contributed by atoms with van der Waals surface area (Å²) in [5, 5.41) is 0.859. The van der Waals surface area contributed by atoms with Crippen LogP contribution >= 0.6 is 15.9 Å². The molecule has 0 aromatic carbocycles. The first-order valence-corrected chi connectivity index (χ1v) is 4.52. The number of furan rings is 1. The first-order chi connectivity index (χ1) is 5.24. The molecule has 11 heavy (non-hydrogen) atoms. The average molecular weight is 217 g/mol. The van der Waals surface area contributed by atoms with Gasteiger partial charge in [0.2, 0.25) is 0 Å². The molecule has 1 aromatic heterocycles. The molecule has 0 spiro atoms. The third-order valence-corrected chi connectivity index (χ3v) is 1.75. The average Bonchev–Trinajstić information content (AvgIpc) is 2.37. The van der Waals surface area contributed by atoms with E-state index >= 15 is 0 Å². The summed E-state index contributed by atoms with van der Waals surface area (Å²) in [6.45, 7) is 1.50. The van der Waals surface area contributed by atoms with E-state index < -0.39 is 0 Å². The van der Waals surface area contributed by atoms with E-state index in [1.807, 2.05) is 6.07 Å². The van der Waals surface area contributed by atoms with E-state index in [1.54, 1.807) is 6.07 Å². The zero-order valence-electron chi connectivity index (χ0n) is 6.26. The van der Waals surface area contributed by atoms with Gasteiger partial charge in [-0.3, -0.25) is 4.79 Å². The van der Waals surface area contributed by atoms with Gasteiger partial charge in [0.05, 0.1) is 0 Å². The minimum Gasteiger partial charge on any atom is -0.458 e. The second-order valence-corrected chi connectivity index (χ2v) is 3.05. The fourth-order valence-corrected chi connectivity index (χ4v) is 1.19. The first kappa shape index (κ1) is 8.53. The van der Waals surface area contributed by atoms with E-state index in [1.165, 1.54) is 6.92 Å². The standard InChI is InChI=1S/C8H9BrO2/c1-6(10)8-3-2-7(11-8)4-5-9/h2-3H,4-5H2,1H3. The molecule has 0 aliphatic rings. The number of alkyl halides is 1. The number of Topliss-reactive ketones (excluding diaryl/α,β-unsaturated/α-hetero) is 1. The molecular weight excluding hydrogens is 208 g/mol. The summed E-state index contributed by atoms with van der Waals surface area (Å²) in [5.41, 5.74) is 0. The van der Waals surface area contributed by atoms with E-state index in [0.29, 0.717) is 5.76 Å². The largest absolute Gasteiger partial charge is 0.458 e. The monoisotopic (exact) mass is 216 g/mol. The van der Waals surface area contributed by atoms with Crippen LogP contribution in [0.2, 0.25) is 0 Å². The zero-order chi connectivity index (χ0) is 8.27. The number of rotatable bonds is 3. The van der Waals surface area contributed by atoms with Crippen LogP contribution in [0.4, 0.5) is 0 Å². The van der Waals surface area contributed by atoms with Gasteiger partial charge in [0.15, 0.2) is 11.5 Å². The summed E-state index contributed by atoms with van der Waals surface area (Å²) in [6, 6.07) is 3.54. The van der Waals surface area contributed by atoms with Gasteiger partial charge >= 0.3 is 0 Å². The van der Waals surface area contributed by atoms with Crippen molar-refractivity contribution in [3.05, 3.63) is 23.7 Å². The summed E-state index contributed by atoms with van der Waals surface area (Å²) in [6.07, 6.45) is 0.827. The third kappa shape index (κ3) is 2.19. The number of hydrogen-bond donors (Lipinski definition) is 0. The van der Waals surface area contributed by atoms with Crippen molar-refractivity contribution in [2.24, 2.45) is 0 Å². The maximum Gasteiger partial charge on any atom is 0.194 e. The Morgan fingerprint density at radius 1 is 1.64 bits per heavy atom. The maximum absolute atomic E-state index is 10.8. The van der Waals surface area contributed by atoms with Gasteiger partial charge in [0, 0.05) is 18.7 Å². The quantitative estimate of drug-likeness (QED) is 0.574. The number of aryl methyl sites for hydroxylation is 1. The van der Waals surface area contributed by atoms with Crippen molar-refractivity contribution < 1.29 is 9.21 Å². The van der Waals surface area contributed by atoms with E-state index in [4.69, 9.17) is 4.42 Å². The van der Waals surface area contributed by atoms with Crippen molar-refractivity contribution >= 4 is 21.7 Å². The fraction of sp³-hybridized carbons (Fsp3) is 0.375. The van der Waals surface area contributed by atoms with Gasteiger partial charge in [0.25, 0.3) is 0 Å². The minimum atomic E-state index is -0.0224. The van der Waals surface area contributed by atoms with Crippen molar-refractivity contribution in [1.29, 1.82) is 0 Å². The lowest BCUT2D eigenvalue weighted by Gasteiger charge is -1.89. The first-order valence-electron chi connectivity index (χ1n) is 3.39. The van der Waals surface area contributed by atoms with Crippen LogP contribution in [-0.2, 0) is 6.42 Å². The topological polar surface area (TPSA) is 30.2 Å². The number of carbonyl (C=O) groups is 1. The van der Waals surface area contributed by atoms with Gasteiger partial charge in [0.1, 0.15) is 5.76 Å². The third-order valence-electron chi connectivity index (χ3n) is 1.35. The minimum absolute atomic E-state index is 0.0224. The lowest BCUT2D eigenvalue weighted by molar-refractivity contribution is 0.0985. The highest BCUT2D eigenvalue weighted by Crippen LogP contribution is 2.09. The molecule has 0 saturated heterocycles. The predicted octanol–water partition coefficient (Wildman–Crippen LogP) is 2.42. The Labute approximate surface area is 73.7 Å². The van der Waals surface area contributed by atoms with Crippen LogP contribution in [0, 0.1) is 0 Å². The molecule has 3 heteroatoms. The second kappa shape index (κ2) is 3.72. The fourth-order valence-electron chi connectivity index (χ4n) is 0.795. The Morgan fingerprint density at radius 3 is 2.82 bits per heavy atom. The molecule has 0 unspecified atom stereocenters. The van der Waals surface area contributed by atoms with Crippen molar-refractivity contribution in [2.45, 2.75) is 13.3 Å². The van der Waals surface area contributed by atoms with Crippen LogP contribution in [0.5, 0.6) is 0 Å². The van der Waals surface area contributed by atoms with Gasteiger partial charge in [-0.15, -0.1) is 0 Å². The maximum atomic E-state index is 10.8. The lowest BCUT2D eigenvalue weighted by atomic mass is 10.3. The highest BCUT2D eigenvalue weighted by atomic mass is 79.9. The molecule has 0 N–H and O–H groups in total. The summed E-state index contributed by atoms with van der Waals surface area (Å²) >= 11 is 3.29. The molecule has 0 aliphatic carbocycles. The van der Waals surface area contributed by atoms with Gasteiger partial charge in [-0.2, -0.15) is 0 Å². The predicted molar refractivity (Wildman–Crippen MR) is 46.2 cm³/mol. The van der Waals surface area contributed by atoms with Crippen molar-refractivity contribution in [2.75, 3.05) is 5.33 Å². The summed E-state index contributed by atoms with van der Waals surface area (Å²) in [7, 11) is 0. The van der Waals surface area contributed by atoms with Crippen LogP contribution in [0.3, 0.4) is 0 Å². The summed E-state index contributed by atoms with van der Waals surface area (Å²) in [5.74, 6) is 1.28. The van der Waals surface area contributed by atoms with Gasteiger partial charge < -0.3 is 4.42 Å². The van der Waals surface area contributed by atoms with Crippen molar-refractivity contribution in [3.63, 3.8) is 0 Å². The second-order valence-electron chi connectivity index (χ2n) is 2.26. The van der Waals surface area contributed by atoms with Gasteiger partial charge in [-0.05, 0) is 12.1 Å². The number of ketones is 1. The molecular formula is C8H9BrO2. The smallest absolute Gasteiger partial charge is 0.194 e. The SMILES string of the molecule is CC(=O)c1ccc(CCBr)o1. The normalized spacial score (nSPS) is 10.0. The molecule has 2 nitrogen and oxygen atoms in total. The number of hydrogen-bond acceptors (Lipinski definition) is 2. The van der Waals surface area contributed by atoms with Crippen molar-refractivity contribution in [1.82, 2.24) is 0 Å². The molecule has 1 heterocycles. The molecule has 0 aliphatic heterocycles. The Morgan fingerprint density at radius 2 is 2.36 bits per heavy atom. The molecule has 1 aromatic rings. The summed E-state index contributed by atoms with van der Waals surface area (Å²) in [4.78, 5) is 10.8. The van der Waals surface area contributed by atoms with E-state index in [2.05, 4.69) is 15.9 Å². The molecule has 0 amide bonds. The molecule has 0 atom stereocenters. The Kier molecular flexibility index (Phi) is 2.88. The highest BCUT2D eigenvalue weighted by molar-refractivity contribution is 9.09. The van der Waals surface area contributed by atoms with Gasteiger partial charge in [-0.25, -0.2) is 0 Å². The Hall–Kier alpha value is -0.570. The van der Waals surface area contributed by atoms with Crippen LogP contribution in [-0.4, -0.2) is 11.1 Å². The Balaban J connectivity index is 2.73. The Bertz CT molecular complexity index is 252. The van der Waals surface area contributed by atoms with Crippen LogP contribution in [0.25, 0.3) is 0 Å². The van der Waals surface area contributed by atoms with Crippen LogP contribution < -0.4 is 0 Å². The van der Waals surface area contributed by atoms with Crippen LogP contribution in [0.15, 0.2) is 16.5 Å². The molecule has 1 rings (SSSR count). The van der Waals surface area contributed by atoms with E-state index in [-0.39, 0.29) is 5.78 Å². The van der Waals surface area contributed by atoms with Crippen LogP contribution in [0.1, 0.15) is 23.2 Å². The highest BCUT2D eigenvalue weighted by Gasteiger charge is 2.04. The van der Waals surface area contributed by atoms with E-state index in [9.17, 15) is 4.79 Å². The molecule has 0 bridgehead atoms. The zero-order valence-corrected chi connectivity index (χ0v) is 7.85. The number of halogens is 1. The number of carbonyl (C=O) groups excluding carboxylic acids is 1. The molecule has 60 valence electrons. The van der Waals surface area contributed by atoms with Gasteiger partial charge in [-0.1, -0.05) is 15.9 Å². The molecule has 0 fully saturated rings. The van der Waals surface area contributed by atoms with Crippen molar-refractivity contribution in [3.8, 4) is 0 Å². The lowest BCUT2D eigenvalue weighted by Crippen LogP contribution is -1.87.